The SMILES string of the molecule is O=C(C[C@@H]1NC(=O)N(Cc2ccccc2)C1=O)Nc1nc2ccccc2s1. The number of aromatic nitrogens is 1. The highest BCUT2D eigenvalue weighted by atomic mass is 32.1. The second-order valence-corrected chi connectivity index (χ2v) is 7.18. The van der Waals surface area contributed by atoms with Gasteiger partial charge in [0.15, 0.2) is 5.13 Å². The fourth-order valence-corrected chi connectivity index (χ4v) is 3.79. The van der Waals surface area contributed by atoms with Crippen molar-refractivity contribution in [3.63, 3.8) is 0 Å². The number of rotatable bonds is 5. The first-order valence-electron chi connectivity index (χ1n) is 8.41. The highest BCUT2D eigenvalue weighted by Gasteiger charge is 2.39. The number of fused-ring (bicyclic) bond motifs is 1. The molecule has 2 heterocycles. The first-order valence-corrected chi connectivity index (χ1v) is 9.23. The van der Waals surface area contributed by atoms with Gasteiger partial charge in [-0.1, -0.05) is 53.8 Å². The van der Waals surface area contributed by atoms with Crippen LogP contribution in [-0.2, 0) is 16.1 Å². The van der Waals surface area contributed by atoms with Gasteiger partial charge in [0.1, 0.15) is 6.04 Å². The first kappa shape index (κ1) is 17.2. The highest BCUT2D eigenvalue weighted by molar-refractivity contribution is 7.22. The fraction of sp³-hybridized carbons (Fsp3) is 0.158. The molecule has 1 fully saturated rings. The van der Waals surface area contributed by atoms with Crippen LogP contribution in [0.25, 0.3) is 10.2 Å². The summed E-state index contributed by atoms with van der Waals surface area (Å²) >= 11 is 1.36. The van der Waals surface area contributed by atoms with E-state index in [9.17, 15) is 14.4 Å². The van der Waals surface area contributed by atoms with E-state index in [0.717, 1.165) is 20.7 Å². The van der Waals surface area contributed by atoms with E-state index in [-0.39, 0.29) is 18.9 Å². The van der Waals surface area contributed by atoms with Gasteiger partial charge in [-0.2, -0.15) is 0 Å². The molecule has 3 aromatic rings. The van der Waals surface area contributed by atoms with Gasteiger partial charge in [-0.3, -0.25) is 14.5 Å². The Morgan fingerprint density at radius 2 is 1.85 bits per heavy atom. The van der Waals surface area contributed by atoms with E-state index in [4.69, 9.17) is 0 Å². The minimum Gasteiger partial charge on any atom is -0.325 e. The van der Waals surface area contributed by atoms with Crippen LogP contribution in [0.5, 0.6) is 0 Å². The van der Waals surface area contributed by atoms with Gasteiger partial charge in [-0.15, -0.1) is 0 Å². The lowest BCUT2D eigenvalue weighted by Gasteiger charge is -2.12. The number of nitrogens with zero attached hydrogens (tertiary/aromatic N) is 2. The largest absolute Gasteiger partial charge is 0.325 e. The summed E-state index contributed by atoms with van der Waals surface area (Å²) < 4.78 is 0.965. The molecule has 136 valence electrons. The van der Waals surface area contributed by atoms with Gasteiger partial charge >= 0.3 is 6.03 Å². The van der Waals surface area contributed by atoms with Gasteiger partial charge in [-0.25, -0.2) is 9.78 Å². The standard InChI is InChI=1S/C19H16N4O3S/c24-16(22-18-20-13-8-4-5-9-15(13)27-18)10-14-17(25)23(19(26)21-14)11-12-6-2-1-3-7-12/h1-9,14H,10-11H2,(H,21,26)(H,20,22,24)/t14-/m0/s1. The normalized spacial score (nSPS) is 16.6. The second-order valence-electron chi connectivity index (χ2n) is 6.15. The van der Waals surface area contributed by atoms with E-state index in [1.54, 1.807) is 0 Å². The molecule has 2 aromatic carbocycles. The molecule has 0 aliphatic carbocycles. The third kappa shape index (κ3) is 3.65. The molecule has 1 aliphatic rings. The van der Waals surface area contributed by atoms with Crippen molar-refractivity contribution in [3.05, 3.63) is 60.2 Å². The third-order valence-corrected chi connectivity index (χ3v) is 5.17. The van der Waals surface area contributed by atoms with Crippen LogP contribution in [0.15, 0.2) is 54.6 Å². The van der Waals surface area contributed by atoms with Crippen molar-refractivity contribution in [3.8, 4) is 0 Å². The second kappa shape index (κ2) is 7.16. The molecule has 0 spiro atoms. The molecule has 2 N–H and O–H groups in total. The minimum atomic E-state index is -0.865. The van der Waals surface area contributed by atoms with E-state index in [1.807, 2.05) is 54.6 Å². The van der Waals surface area contributed by atoms with E-state index < -0.39 is 18.0 Å². The maximum absolute atomic E-state index is 12.5. The smallest absolute Gasteiger partial charge is 0.325 e. The van der Waals surface area contributed by atoms with Crippen LogP contribution >= 0.6 is 11.3 Å². The molecular formula is C19H16N4O3S. The summed E-state index contributed by atoms with van der Waals surface area (Å²) in [6.45, 7) is 0.182. The van der Waals surface area contributed by atoms with E-state index in [2.05, 4.69) is 15.6 Å². The highest BCUT2D eigenvalue weighted by Crippen LogP contribution is 2.25. The van der Waals surface area contributed by atoms with Gasteiger partial charge in [0.05, 0.1) is 23.2 Å². The van der Waals surface area contributed by atoms with Crippen LogP contribution in [0.2, 0.25) is 0 Å². The van der Waals surface area contributed by atoms with Crippen molar-refractivity contribution < 1.29 is 14.4 Å². The molecule has 0 radical (unpaired) electrons. The van der Waals surface area contributed by atoms with Crippen LogP contribution in [0, 0.1) is 0 Å². The quantitative estimate of drug-likeness (QED) is 0.666. The van der Waals surface area contributed by atoms with Gasteiger partial charge in [0.25, 0.3) is 5.91 Å². The summed E-state index contributed by atoms with van der Waals surface area (Å²) in [4.78, 5) is 42.4. The molecule has 1 atom stereocenters. The fourth-order valence-electron chi connectivity index (χ4n) is 2.91. The van der Waals surface area contributed by atoms with Crippen LogP contribution in [0.1, 0.15) is 12.0 Å². The first-order chi connectivity index (χ1) is 13.1. The topological polar surface area (TPSA) is 91.4 Å². The number of thiazole rings is 1. The molecule has 0 saturated carbocycles. The number of amides is 4. The molecule has 1 saturated heterocycles. The molecule has 4 rings (SSSR count). The van der Waals surface area contributed by atoms with Crippen LogP contribution in [-0.4, -0.2) is 33.8 Å². The minimum absolute atomic E-state index is 0.133. The molecular weight excluding hydrogens is 364 g/mol. The summed E-state index contributed by atoms with van der Waals surface area (Å²) in [5.74, 6) is -0.766. The van der Waals surface area contributed by atoms with E-state index in [0.29, 0.717) is 5.13 Å². The van der Waals surface area contributed by atoms with Crippen molar-refractivity contribution in [2.75, 3.05) is 5.32 Å². The van der Waals surface area contributed by atoms with Crippen molar-refractivity contribution in [1.29, 1.82) is 0 Å². The molecule has 1 aromatic heterocycles. The third-order valence-electron chi connectivity index (χ3n) is 4.22. The van der Waals surface area contributed by atoms with Crippen molar-refractivity contribution in [2.24, 2.45) is 0 Å². The number of hydrogen-bond donors (Lipinski definition) is 2. The van der Waals surface area contributed by atoms with E-state index >= 15 is 0 Å². The summed E-state index contributed by atoms with van der Waals surface area (Å²) in [5.41, 5.74) is 1.65. The zero-order valence-electron chi connectivity index (χ0n) is 14.2. The molecule has 0 bridgehead atoms. The Kier molecular flexibility index (Phi) is 4.55. The summed E-state index contributed by atoms with van der Waals surface area (Å²) in [6.07, 6.45) is -0.133. The maximum atomic E-state index is 12.5. The van der Waals surface area contributed by atoms with Crippen molar-refractivity contribution >= 4 is 44.5 Å². The van der Waals surface area contributed by atoms with Crippen LogP contribution in [0.4, 0.5) is 9.93 Å². The number of carbonyl (C=O) groups excluding carboxylic acids is 3. The zero-order valence-corrected chi connectivity index (χ0v) is 15.0. The number of hydrogen-bond acceptors (Lipinski definition) is 5. The Morgan fingerprint density at radius 3 is 2.63 bits per heavy atom. The summed E-state index contributed by atoms with van der Waals surface area (Å²) in [6, 6.07) is 15.5. The number of imide groups is 1. The summed E-state index contributed by atoms with van der Waals surface area (Å²) in [7, 11) is 0. The van der Waals surface area contributed by atoms with Crippen LogP contribution in [0.3, 0.4) is 0 Å². The maximum Gasteiger partial charge on any atom is 0.325 e. The average molecular weight is 380 g/mol. The van der Waals surface area contributed by atoms with Crippen LogP contribution < -0.4 is 10.6 Å². The lowest BCUT2D eigenvalue weighted by atomic mass is 10.2. The zero-order chi connectivity index (χ0) is 18.8. The monoisotopic (exact) mass is 380 g/mol. The number of para-hydroxylation sites is 1. The Morgan fingerprint density at radius 1 is 1.11 bits per heavy atom. The number of nitrogens with one attached hydrogen (secondary N) is 2. The molecule has 8 heteroatoms. The van der Waals surface area contributed by atoms with Crippen molar-refractivity contribution in [2.45, 2.75) is 19.0 Å². The number of urea groups is 1. The summed E-state index contributed by atoms with van der Waals surface area (Å²) in [5, 5.41) is 5.75. The van der Waals surface area contributed by atoms with Gasteiger partial charge in [-0.05, 0) is 17.7 Å². The average Bonchev–Trinajstić information content (AvgIpc) is 3.18. The molecule has 27 heavy (non-hydrogen) atoms. The van der Waals surface area contributed by atoms with Gasteiger partial charge in [0.2, 0.25) is 5.91 Å². The number of benzene rings is 2. The Bertz CT molecular complexity index is 985. The number of anilines is 1. The Labute approximate surface area is 159 Å². The predicted molar refractivity (Wildman–Crippen MR) is 102 cm³/mol. The Hall–Kier alpha value is -3.26. The van der Waals surface area contributed by atoms with Gasteiger partial charge in [0, 0.05) is 0 Å². The lowest BCUT2D eigenvalue weighted by molar-refractivity contribution is -0.130. The molecule has 0 unspecified atom stereocenters. The molecule has 4 amide bonds. The molecule has 1 aliphatic heterocycles. The molecule has 7 nitrogen and oxygen atoms in total. The Balaban J connectivity index is 1.39. The van der Waals surface area contributed by atoms with Crippen molar-refractivity contribution in [1.82, 2.24) is 15.2 Å². The number of carbonyl (C=O) groups is 3. The lowest BCUT2D eigenvalue weighted by Crippen LogP contribution is -2.34. The van der Waals surface area contributed by atoms with E-state index in [1.165, 1.54) is 11.3 Å². The predicted octanol–water partition coefficient (Wildman–Crippen LogP) is 2.75. The van der Waals surface area contributed by atoms with Gasteiger partial charge < -0.3 is 10.6 Å².